The summed E-state index contributed by atoms with van der Waals surface area (Å²) < 4.78 is 24.3. The van der Waals surface area contributed by atoms with Crippen LogP contribution in [0.25, 0.3) is 0 Å². The van der Waals surface area contributed by atoms with Crippen molar-refractivity contribution in [3.05, 3.63) is 47.2 Å². The maximum Gasteiger partial charge on any atom is 0.340 e. The third-order valence-corrected chi connectivity index (χ3v) is 7.13. The lowest BCUT2D eigenvalue weighted by Crippen LogP contribution is -2.23. The summed E-state index contributed by atoms with van der Waals surface area (Å²) in [4.78, 5) is 0. The van der Waals surface area contributed by atoms with Gasteiger partial charge in [-0.25, -0.2) is 0 Å². The van der Waals surface area contributed by atoms with Crippen LogP contribution in [0, 0.1) is 6.92 Å². The maximum atomic E-state index is 13.3. The summed E-state index contributed by atoms with van der Waals surface area (Å²) >= 11 is 0. The molecule has 1 aromatic carbocycles. The van der Waals surface area contributed by atoms with Gasteiger partial charge in [0.25, 0.3) is 0 Å². The van der Waals surface area contributed by atoms with Crippen molar-refractivity contribution in [2.45, 2.75) is 52.2 Å². The average Bonchev–Trinajstić information content (AvgIpc) is 2.47. The number of aliphatic hydroxyl groups is 1. The fraction of sp³-hybridized carbons (Fsp3) is 0.556. The average molecular weight is 371 g/mol. The van der Waals surface area contributed by atoms with Gasteiger partial charge in [0, 0.05) is 0 Å². The van der Waals surface area contributed by atoms with E-state index in [4.69, 9.17) is 9.05 Å². The molecule has 24 heavy (non-hydrogen) atoms. The summed E-state index contributed by atoms with van der Waals surface area (Å²) in [5.74, 6) is 0. The van der Waals surface area contributed by atoms with Crippen molar-refractivity contribution < 1.29 is 18.7 Å². The molecule has 1 N–H and O–H groups in total. The van der Waals surface area contributed by atoms with Gasteiger partial charge in [-0.1, -0.05) is 61.2 Å². The predicted molar refractivity (Wildman–Crippen MR) is 103 cm³/mol. The summed E-state index contributed by atoms with van der Waals surface area (Å²) in [6, 6.07) is 7.59. The Morgan fingerprint density at radius 2 is 1.62 bits per heavy atom. The Morgan fingerprint density at radius 3 is 2.04 bits per heavy atom. The largest absolute Gasteiger partial charge is 0.387 e. The lowest BCUT2D eigenvalue weighted by Gasteiger charge is -2.28. The molecule has 6 heteroatoms. The number of hydrogen-bond acceptors (Lipinski definition) is 4. The van der Waals surface area contributed by atoms with Crippen molar-refractivity contribution >= 4 is 15.7 Å². The molecule has 0 bridgehead atoms. The number of benzene rings is 1. The fourth-order valence-corrected chi connectivity index (χ4v) is 5.20. The van der Waals surface area contributed by atoms with E-state index in [9.17, 15) is 9.67 Å². The van der Waals surface area contributed by atoms with Crippen molar-refractivity contribution in [2.24, 2.45) is 0 Å². The van der Waals surface area contributed by atoms with Crippen LogP contribution in [0.15, 0.2) is 36.0 Å². The molecular weight excluding hydrogens is 339 g/mol. The van der Waals surface area contributed by atoms with Crippen molar-refractivity contribution in [1.29, 1.82) is 0 Å². The van der Waals surface area contributed by atoms with Crippen molar-refractivity contribution in [3.8, 4) is 0 Å². The van der Waals surface area contributed by atoms with Gasteiger partial charge >= 0.3 is 7.60 Å². The molecular formula is C18H31O4PSi. The van der Waals surface area contributed by atoms with Crippen LogP contribution in [0.3, 0.4) is 0 Å². The Balaban J connectivity index is 3.28. The number of rotatable bonds is 9. The van der Waals surface area contributed by atoms with Crippen LogP contribution in [0.2, 0.25) is 19.6 Å². The molecule has 0 saturated heterocycles. The first-order valence-electron chi connectivity index (χ1n) is 8.45. The Morgan fingerprint density at radius 1 is 1.12 bits per heavy atom. The molecule has 0 aliphatic carbocycles. The minimum atomic E-state index is -3.46. The fourth-order valence-electron chi connectivity index (χ4n) is 2.30. The Labute approximate surface area is 147 Å². The normalized spacial score (nSPS) is 15.6. The molecule has 0 unspecified atom stereocenters. The van der Waals surface area contributed by atoms with Gasteiger partial charge in [0.1, 0.15) is 5.66 Å². The first-order chi connectivity index (χ1) is 11.1. The maximum absolute atomic E-state index is 13.3. The number of aryl methyl sites for hydroxylation is 1. The van der Waals surface area contributed by atoms with E-state index in [-0.39, 0.29) is 13.2 Å². The van der Waals surface area contributed by atoms with E-state index >= 15 is 0 Å². The van der Waals surface area contributed by atoms with E-state index in [1.54, 1.807) is 13.8 Å². The summed E-state index contributed by atoms with van der Waals surface area (Å²) in [6.07, 6.45) is 0.894. The molecule has 2 atom stereocenters. The Kier molecular flexibility index (Phi) is 8.10. The van der Waals surface area contributed by atoms with E-state index in [0.717, 1.165) is 5.56 Å². The highest BCUT2D eigenvalue weighted by Crippen LogP contribution is 2.57. The molecule has 0 heterocycles. The first kappa shape index (κ1) is 21.3. The van der Waals surface area contributed by atoms with E-state index in [1.807, 2.05) is 37.3 Å². The van der Waals surface area contributed by atoms with Crippen molar-refractivity contribution in [1.82, 2.24) is 0 Å². The van der Waals surface area contributed by atoms with Crippen LogP contribution >= 0.6 is 7.60 Å². The summed E-state index contributed by atoms with van der Waals surface area (Å²) in [5, 5.41) is 10.9. The Hall–Kier alpha value is -0.713. The van der Waals surface area contributed by atoms with Crippen LogP contribution in [-0.4, -0.2) is 32.1 Å². The minimum absolute atomic E-state index is 0.273. The second kappa shape index (κ2) is 9.11. The minimum Gasteiger partial charge on any atom is -0.387 e. The summed E-state index contributed by atoms with van der Waals surface area (Å²) in [5.41, 5.74) is 3.19. The highest BCUT2D eigenvalue weighted by molar-refractivity contribution is 7.55. The van der Waals surface area contributed by atoms with Gasteiger partial charge in [-0.05, 0) is 26.3 Å². The Bertz CT molecular complexity index is 568. The van der Waals surface area contributed by atoms with Crippen molar-refractivity contribution in [3.63, 3.8) is 0 Å². The molecule has 0 aliphatic heterocycles. The van der Waals surface area contributed by atoms with Crippen LogP contribution in [-0.2, 0) is 13.6 Å². The second-order valence-corrected chi connectivity index (χ2v) is 14.2. The monoisotopic (exact) mass is 370 g/mol. The highest BCUT2D eigenvalue weighted by Gasteiger charge is 2.39. The predicted octanol–water partition coefficient (Wildman–Crippen LogP) is 5.10. The van der Waals surface area contributed by atoms with Gasteiger partial charge < -0.3 is 14.2 Å². The van der Waals surface area contributed by atoms with Gasteiger partial charge in [0.15, 0.2) is 0 Å². The molecule has 0 fully saturated rings. The zero-order valence-electron chi connectivity index (χ0n) is 15.7. The molecule has 0 aromatic heterocycles. The van der Waals surface area contributed by atoms with Crippen LogP contribution in [0.1, 0.15) is 31.1 Å². The molecule has 4 nitrogen and oxygen atoms in total. The topological polar surface area (TPSA) is 55.8 Å². The van der Waals surface area contributed by atoms with Gasteiger partial charge in [0.05, 0.1) is 27.4 Å². The highest BCUT2D eigenvalue weighted by atomic mass is 31.2. The van der Waals surface area contributed by atoms with Gasteiger partial charge in [-0.15, -0.1) is 0 Å². The molecule has 0 amide bonds. The molecule has 0 spiro atoms. The SMILES string of the molecule is CCOP(=O)(OCC)[C@H](/C=C/[Si](C)(C)C)[C@H](O)c1ccc(C)cc1. The van der Waals surface area contributed by atoms with E-state index < -0.39 is 27.4 Å². The van der Waals surface area contributed by atoms with Crippen LogP contribution in [0.5, 0.6) is 0 Å². The zero-order chi connectivity index (χ0) is 18.4. The van der Waals surface area contributed by atoms with Crippen LogP contribution in [0.4, 0.5) is 0 Å². The first-order valence-corrected chi connectivity index (χ1v) is 13.6. The summed E-state index contributed by atoms with van der Waals surface area (Å²) in [7, 11) is -4.99. The van der Waals surface area contributed by atoms with Crippen LogP contribution < -0.4 is 0 Å². The van der Waals surface area contributed by atoms with E-state index in [0.29, 0.717) is 5.56 Å². The molecule has 0 aliphatic rings. The molecule has 136 valence electrons. The second-order valence-electron chi connectivity index (χ2n) is 6.95. The number of aliphatic hydroxyl groups excluding tert-OH is 1. The summed E-state index contributed by atoms with van der Waals surface area (Å²) in [6.45, 7) is 12.7. The smallest absolute Gasteiger partial charge is 0.340 e. The van der Waals surface area contributed by atoms with E-state index in [1.165, 1.54) is 0 Å². The van der Waals surface area contributed by atoms with Crippen molar-refractivity contribution in [2.75, 3.05) is 13.2 Å². The number of hydrogen-bond donors (Lipinski definition) is 1. The lowest BCUT2D eigenvalue weighted by atomic mass is 10.0. The quantitative estimate of drug-likeness (QED) is 0.485. The molecule has 0 saturated carbocycles. The van der Waals surface area contributed by atoms with Gasteiger partial charge in [-0.2, -0.15) is 0 Å². The lowest BCUT2D eigenvalue weighted by molar-refractivity contribution is 0.152. The standard InChI is InChI=1S/C18H31O4PSi/c1-7-21-23(20,22-8-2)17(13-14-24(4,5)6)18(19)16-11-9-15(3)10-12-16/h9-14,17-19H,7-8H2,1-6H3/b14-13+/t17-,18-/m1/s1. The van der Waals surface area contributed by atoms with Gasteiger partial charge in [0.2, 0.25) is 0 Å². The third-order valence-electron chi connectivity index (χ3n) is 3.52. The molecule has 1 aromatic rings. The van der Waals surface area contributed by atoms with E-state index in [2.05, 4.69) is 25.3 Å². The third kappa shape index (κ3) is 6.30. The molecule has 0 radical (unpaired) electrons. The molecule has 1 rings (SSSR count). The van der Waals surface area contributed by atoms with Gasteiger partial charge in [-0.3, -0.25) is 4.57 Å². The zero-order valence-corrected chi connectivity index (χ0v) is 17.5.